The molecule has 102 valence electrons. The van der Waals surface area contributed by atoms with Gasteiger partial charge >= 0.3 is 0 Å². The summed E-state index contributed by atoms with van der Waals surface area (Å²) in [5.41, 5.74) is 2.53. The Kier molecular flexibility index (Phi) is 3.60. The van der Waals surface area contributed by atoms with E-state index in [0.717, 1.165) is 17.4 Å². The first-order valence-electron chi connectivity index (χ1n) is 6.61. The number of carbonyl (C=O) groups excluding carboxylic acids is 1. The lowest BCUT2D eigenvalue weighted by molar-refractivity contribution is -0.134. The summed E-state index contributed by atoms with van der Waals surface area (Å²) in [5, 5.41) is 12.6. The van der Waals surface area contributed by atoms with Gasteiger partial charge in [0.05, 0.1) is 12.1 Å². The van der Waals surface area contributed by atoms with Crippen molar-refractivity contribution in [3.63, 3.8) is 0 Å². The zero-order chi connectivity index (χ0) is 13.4. The van der Waals surface area contributed by atoms with Gasteiger partial charge in [-0.3, -0.25) is 4.79 Å². The second kappa shape index (κ2) is 5.23. The van der Waals surface area contributed by atoms with Crippen molar-refractivity contribution in [2.45, 2.75) is 31.5 Å². The lowest BCUT2D eigenvalue weighted by Gasteiger charge is -2.31. The minimum Gasteiger partial charge on any atom is -0.392 e. The number of hydrogen-bond acceptors (Lipinski definition) is 3. The Hall–Kier alpha value is -0.910. The Labute approximate surface area is 120 Å². The van der Waals surface area contributed by atoms with Crippen LogP contribution in [0.1, 0.15) is 17.5 Å². The summed E-state index contributed by atoms with van der Waals surface area (Å²) < 4.78 is 1.13. The van der Waals surface area contributed by atoms with Crippen LogP contribution in [-0.4, -0.2) is 41.1 Å². The van der Waals surface area contributed by atoms with E-state index in [9.17, 15) is 9.90 Å². The number of benzene rings is 1. The number of halogens is 1. The van der Waals surface area contributed by atoms with Crippen LogP contribution in [0.5, 0.6) is 0 Å². The van der Waals surface area contributed by atoms with Crippen molar-refractivity contribution in [2.75, 3.05) is 13.1 Å². The van der Waals surface area contributed by atoms with Crippen LogP contribution in [0.25, 0.3) is 0 Å². The highest BCUT2D eigenvalue weighted by atomic mass is 79.9. The van der Waals surface area contributed by atoms with Crippen LogP contribution in [0, 0.1) is 0 Å². The van der Waals surface area contributed by atoms with Gasteiger partial charge in [-0.05, 0) is 30.0 Å². The summed E-state index contributed by atoms with van der Waals surface area (Å²) >= 11 is 3.56. The highest BCUT2D eigenvalue weighted by molar-refractivity contribution is 9.10. The van der Waals surface area contributed by atoms with Crippen LogP contribution in [0.2, 0.25) is 0 Å². The summed E-state index contributed by atoms with van der Waals surface area (Å²) in [5.74, 6) is 0.113. The van der Waals surface area contributed by atoms with Crippen molar-refractivity contribution in [2.24, 2.45) is 0 Å². The molecule has 4 nitrogen and oxygen atoms in total. The molecule has 1 saturated heterocycles. The number of rotatable bonds is 1. The maximum absolute atomic E-state index is 12.4. The third kappa shape index (κ3) is 2.55. The van der Waals surface area contributed by atoms with Gasteiger partial charge in [0.2, 0.25) is 5.91 Å². The largest absolute Gasteiger partial charge is 0.392 e. The van der Waals surface area contributed by atoms with Crippen LogP contribution in [0.4, 0.5) is 0 Å². The SMILES string of the molecule is O=C(C1CC(O)CN1)N1CCc2c(Br)cccc2C1. The summed E-state index contributed by atoms with van der Waals surface area (Å²) in [6.45, 7) is 1.94. The van der Waals surface area contributed by atoms with E-state index in [1.54, 1.807) is 0 Å². The summed E-state index contributed by atoms with van der Waals surface area (Å²) in [7, 11) is 0. The molecule has 1 aromatic carbocycles. The molecule has 0 saturated carbocycles. The topological polar surface area (TPSA) is 52.6 Å². The molecule has 2 aliphatic heterocycles. The van der Waals surface area contributed by atoms with Crippen molar-refractivity contribution >= 4 is 21.8 Å². The second-order valence-electron chi connectivity index (χ2n) is 5.24. The lowest BCUT2D eigenvalue weighted by atomic mass is 9.99. The van der Waals surface area contributed by atoms with E-state index in [0.29, 0.717) is 19.5 Å². The number of fused-ring (bicyclic) bond motifs is 1. The van der Waals surface area contributed by atoms with Gasteiger partial charge < -0.3 is 15.3 Å². The molecule has 2 N–H and O–H groups in total. The van der Waals surface area contributed by atoms with Gasteiger partial charge in [0, 0.05) is 24.1 Å². The molecule has 2 aliphatic rings. The van der Waals surface area contributed by atoms with Crippen molar-refractivity contribution in [1.82, 2.24) is 10.2 Å². The maximum atomic E-state index is 12.4. The second-order valence-corrected chi connectivity index (χ2v) is 6.09. The smallest absolute Gasteiger partial charge is 0.240 e. The summed E-state index contributed by atoms with van der Waals surface area (Å²) in [6.07, 6.45) is 1.03. The van der Waals surface area contributed by atoms with E-state index in [-0.39, 0.29) is 18.1 Å². The quantitative estimate of drug-likeness (QED) is 0.812. The molecule has 0 spiro atoms. The molecular formula is C14H17BrN2O2. The molecule has 0 aromatic heterocycles. The molecule has 1 fully saturated rings. The van der Waals surface area contributed by atoms with Crippen LogP contribution >= 0.6 is 15.9 Å². The molecule has 2 unspecified atom stereocenters. The average Bonchev–Trinajstić information content (AvgIpc) is 2.84. The third-order valence-corrected chi connectivity index (χ3v) is 4.67. The zero-order valence-corrected chi connectivity index (χ0v) is 12.2. The molecule has 2 heterocycles. The number of β-amino-alcohol motifs (C(OH)–C–C–N with tert-alkyl or cyclic N) is 1. The number of nitrogens with one attached hydrogen (secondary N) is 1. The fourth-order valence-electron chi connectivity index (χ4n) is 2.88. The van der Waals surface area contributed by atoms with Gasteiger partial charge in [0.25, 0.3) is 0 Å². The standard InChI is InChI=1S/C14H17BrN2O2/c15-12-3-1-2-9-8-17(5-4-11(9)12)14(19)13-6-10(18)7-16-13/h1-3,10,13,16,18H,4-8H2. The van der Waals surface area contributed by atoms with Gasteiger partial charge in [-0.25, -0.2) is 0 Å². The van der Waals surface area contributed by atoms with Gasteiger partial charge in [-0.15, -0.1) is 0 Å². The fraction of sp³-hybridized carbons (Fsp3) is 0.500. The van der Waals surface area contributed by atoms with Gasteiger partial charge in [-0.2, -0.15) is 0 Å². The third-order valence-electron chi connectivity index (χ3n) is 3.93. The fourth-order valence-corrected chi connectivity index (χ4v) is 3.48. The predicted octanol–water partition coefficient (Wildman–Crippen LogP) is 1.06. The van der Waals surface area contributed by atoms with Crippen molar-refractivity contribution < 1.29 is 9.90 Å². The minimum absolute atomic E-state index is 0.113. The Morgan fingerprint density at radius 3 is 3.05 bits per heavy atom. The number of nitrogens with zero attached hydrogens (tertiary/aromatic N) is 1. The first kappa shape index (κ1) is 13.1. The monoisotopic (exact) mass is 324 g/mol. The van der Waals surface area contributed by atoms with Crippen molar-refractivity contribution in [3.8, 4) is 0 Å². The number of hydrogen-bond donors (Lipinski definition) is 2. The maximum Gasteiger partial charge on any atom is 0.240 e. The number of aliphatic hydroxyl groups is 1. The summed E-state index contributed by atoms with van der Waals surface area (Å²) in [4.78, 5) is 14.3. The molecular weight excluding hydrogens is 308 g/mol. The van der Waals surface area contributed by atoms with Gasteiger partial charge in [0.15, 0.2) is 0 Å². The molecule has 19 heavy (non-hydrogen) atoms. The van der Waals surface area contributed by atoms with E-state index >= 15 is 0 Å². The molecule has 1 aromatic rings. The number of amides is 1. The first-order valence-corrected chi connectivity index (χ1v) is 7.41. The van der Waals surface area contributed by atoms with Crippen LogP contribution in [0.3, 0.4) is 0 Å². The van der Waals surface area contributed by atoms with Crippen LogP contribution in [0.15, 0.2) is 22.7 Å². The molecule has 2 atom stereocenters. The normalized spacial score (nSPS) is 26.3. The first-order chi connectivity index (χ1) is 9.15. The lowest BCUT2D eigenvalue weighted by Crippen LogP contribution is -2.45. The van der Waals surface area contributed by atoms with E-state index < -0.39 is 0 Å². The number of aliphatic hydroxyl groups excluding tert-OH is 1. The Morgan fingerprint density at radius 1 is 1.47 bits per heavy atom. The molecule has 3 rings (SSSR count). The average molecular weight is 325 g/mol. The Bertz CT molecular complexity index is 506. The molecule has 5 heteroatoms. The van der Waals surface area contributed by atoms with Crippen LogP contribution < -0.4 is 5.32 Å². The summed E-state index contributed by atoms with van der Waals surface area (Å²) in [6, 6.07) is 5.92. The highest BCUT2D eigenvalue weighted by Gasteiger charge is 2.32. The highest BCUT2D eigenvalue weighted by Crippen LogP contribution is 2.27. The zero-order valence-electron chi connectivity index (χ0n) is 10.6. The predicted molar refractivity (Wildman–Crippen MR) is 75.7 cm³/mol. The van der Waals surface area contributed by atoms with Gasteiger partial charge in [-0.1, -0.05) is 28.1 Å². The van der Waals surface area contributed by atoms with Crippen molar-refractivity contribution in [3.05, 3.63) is 33.8 Å². The molecule has 1 amide bonds. The molecule has 0 radical (unpaired) electrons. The Morgan fingerprint density at radius 2 is 2.32 bits per heavy atom. The van der Waals surface area contributed by atoms with E-state index in [2.05, 4.69) is 27.3 Å². The van der Waals surface area contributed by atoms with Crippen molar-refractivity contribution in [1.29, 1.82) is 0 Å². The Balaban J connectivity index is 1.73. The van der Waals surface area contributed by atoms with E-state index in [4.69, 9.17) is 0 Å². The molecule has 0 aliphatic carbocycles. The van der Waals surface area contributed by atoms with Crippen LogP contribution in [-0.2, 0) is 17.8 Å². The van der Waals surface area contributed by atoms with Gasteiger partial charge in [0.1, 0.15) is 0 Å². The molecule has 0 bridgehead atoms. The number of carbonyl (C=O) groups is 1. The minimum atomic E-state index is -0.389. The van der Waals surface area contributed by atoms with E-state index in [1.807, 2.05) is 17.0 Å². The van der Waals surface area contributed by atoms with E-state index in [1.165, 1.54) is 11.1 Å².